The third-order valence-corrected chi connectivity index (χ3v) is 5.64. The number of nitrogens with two attached hydrogens (primary N) is 1. The number of thiazole rings is 1. The van der Waals surface area contributed by atoms with E-state index in [1.807, 2.05) is 17.5 Å². The highest BCUT2D eigenvalue weighted by Crippen LogP contribution is 2.41. The number of rotatable bonds is 3. The zero-order valence-corrected chi connectivity index (χ0v) is 14.3. The lowest BCUT2D eigenvalue weighted by molar-refractivity contribution is 0.276. The van der Waals surface area contributed by atoms with E-state index >= 15 is 0 Å². The Morgan fingerprint density at radius 3 is 2.90 bits per heavy atom. The Morgan fingerprint density at radius 1 is 1.48 bits per heavy atom. The monoisotopic (exact) mass is 303 g/mol. The fourth-order valence-corrected chi connectivity index (χ4v) is 4.30. The molecule has 1 aliphatic carbocycles. The van der Waals surface area contributed by atoms with Crippen molar-refractivity contribution < 1.29 is 0 Å². The second kappa shape index (κ2) is 5.25. The van der Waals surface area contributed by atoms with Gasteiger partial charge < -0.3 is 10.3 Å². The minimum atomic E-state index is 0.172. The SMILES string of the molecule is CCc1cnc(Cn2c(C)cc3c2CC(C)(C)CC3N)s1. The molecule has 3 nitrogen and oxygen atoms in total. The van der Waals surface area contributed by atoms with E-state index in [0.29, 0.717) is 0 Å². The molecule has 1 unspecified atom stereocenters. The lowest BCUT2D eigenvalue weighted by Gasteiger charge is -2.34. The zero-order valence-electron chi connectivity index (χ0n) is 13.4. The van der Waals surface area contributed by atoms with Gasteiger partial charge in [0.1, 0.15) is 5.01 Å². The van der Waals surface area contributed by atoms with Gasteiger partial charge in [-0.25, -0.2) is 4.98 Å². The lowest BCUT2D eigenvalue weighted by Crippen LogP contribution is -2.30. The highest BCUT2D eigenvalue weighted by atomic mass is 32.1. The van der Waals surface area contributed by atoms with Gasteiger partial charge in [0.2, 0.25) is 0 Å². The summed E-state index contributed by atoms with van der Waals surface area (Å²) in [5.41, 5.74) is 10.8. The van der Waals surface area contributed by atoms with Gasteiger partial charge >= 0.3 is 0 Å². The smallest absolute Gasteiger partial charge is 0.113 e. The summed E-state index contributed by atoms with van der Waals surface area (Å²) in [6, 6.07) is 2.45. The average molecular weight is 303 g/mol. The van der Waals surface area contributed by atoms with Crippen molar-refractivity contribution in [2.45, 2.75) is 59.5 Å². The van der Waals surface area contributed by atoms with Crippen molar-refractivity contribution in [3.8, 4) is 0 Å². The van der Waals surface area contributed by atoms with E-state index in [9.17, 15) is 0 Å². The van der Waals surface area contributed by atoms with Crippen LogP contribution in [0.4, 0.5) is 0 Å². The highest BCUT2D eigenvalue weighted by molar-refractivity contribution is 7.11. The van der Waals surface area contributed by atoms with Crippen LogP contribution in [0.25, 0.3) is 0 Å². The van der Waals surface area contributed by atoms with Gasteiger partial charge in [0.25, 0.3) is 0 Å². The molecule has 0 fully saturated rings. The molecule has 0 saturated heterocycles. The van der Waals surface area contributed by atoms with Crippen LogP contribution in [0, 0.1) is 12.3 Å². The molecule has 0 amide bonds. The molecule has 4 heteroatoms. The molecule has 0 aromatic carbocycles. The molecule has 2 aromatic heterocycles. The molecule has 1 aliphatic rings. The number of aromatic nitrogens is 2. The van der Waals surface area contributed by atoms with Crippen molar-refractivity contribution >= 4 is 11.3 Å². The molecule has 0 saturated carbocycles. The number of hydrogen-bond acceptors (Lipinski definition) is 3. The fourth-order valence-electron chi connectivity index (χ4n) is 3.44. The summed E-state index contributed by atoms with van der Waals surface area (Å²) in [4.78, 5) is 5.94. The molecule has 1 atom stereocenters. The Labute approximate surface area is 131 Å². The predicted molar refractivity (Wildman–Crippen MR) is 88.8 cm³/mol. The Bertz CT molecular complexity index is 651. The minimum absolute atomic E-state index is 0.172. The van der Waals surface area contributed by atoms with E-state index < -0.39 is 0 Å². The van der Waals surface area contributed by atoms with Gasteiger partial charge in [-0.3, -0.25) is 0 Å². The van der Waals surface area contributed by atoms with E-state index in [2.05, 4.69) is 43.3 Å². The first-order chi connectivity index (χ1) is 9.89. The van der Waals surface area contributed by atoms with Crippen LogP contribution in [-0.4, -0.2) is 9.55 Å². The van der Waals surface area contributed by atoms with Crippen LogP contribution in [-0.2, 0) is 19.4 Å². The Hall–Kier alpha value is -1.13. The molecular formula is C17H25N3S. The van der Waals surface area contributed by atoms with Crippen molar-refractivity contribution in [3.63, 3.8) is 0 Å². The normalized spacial score (nSPS) is 20.5. The third-order valence-electron chi connectivity index (χ3n) is 4.51. The first kappa shape index (κ1) is 14.8. The molecule has 114 valence electrons. The van der Waals surface area contributed by atoms with Gasteiger partial charge in [-0.15, -0.1) is 11.3 Å². The van der Waals surface area contributed by atoms with Gasteiger partial charge in [0.15, 0.2) is 0 Å². The summed E-state index contributed by atoms with van der Waals surface area (Å²) in [5.74, 6) is 0. The molecule has 2 N–H and O–H groups in total. The molecule has 0 radical (unpaired) electrons. The van der Waals surface area contributed by atoms with Crippen molar-refractivity contribution in [1.29, 1.82) is 0 Å². The summed E-state index contributed by atoms with van der Waals surface area (Å²) in [6.45, 7) is 9.89. The van der Waals surface area contributed by atoms with Gasteiger partial charge in [-0.1, -0.05) is 20.8 Å². The second-order valence-corrected chi connectivity index (χ2v) is 8.20. The largest absolute Gasteiger partial charge is 0.342 e. The number of fused-ring (bicyclic) bond motifs is 1. The standard InChI is InChI=1S/C17H25N3S/c1-5-12-9-19-16(21-12)10-20-11(2)6-13-14(18)7-17(3,4)8-15(13)20/h6,9,14H,5,7-8,10,18H2,1-4H3. The molecule has 0 aliphatic heterocycles. The third kappa shape index (κ3) is 2.79. The quantitative estimate of drug-likeness (QED) is 0.936. The van der Waals surface area contributed by atoms with E-state index in [0.717, 1.165) is 25.8 Å². The van der Waals surface area contributed by atoms with E-state index in [4.69, 9.17) is 5.73 Å². The molecule has 0 spiro atoms. The first-order valence-corrected chi connectivity index (χ1v) is 8.59. The van der Waals surface area contributed by atoms with E-state index in [1.54, 1.807) is 0 Å². The van der Waals surface area contributed by atoms with Crippen molar-refractivity contribution in [2.24, 2.45) is 11.1 Å². The van der Waals surface area contributed by atoms with Gasteiger partial charge in [-0.2, -0.15) is 0 Å². The maximum Gasteiger partial charge on any atom is 0.113 e. The summed E-state index contributed by atoms with van der Waals surface area (Å²) in [7, 11) is 0. The second-order valence-electron chi connectivity index (χ2n) is 7.00. The maximum atomic E-state index is 6.40. The van der Waals surface area contributed by atoms with Crippen LogP contribution in [0.3, 0.4) is 0 Å². The Kier molecular flexibility index (Phi) is 3.70. The zero-order chi connectivity index (χ0) is 15.2. The van der Waals surface area contributed by atoms with Crippen LogP contribution >= 0.6 is 11.3 Å². The van der Waals surface area contributed by atoms with Crippen LogP contribution in [0.2, 0.25) is 0 Å². The van der Waals surface area contributed by atoms with Gasteiger partial charge in [0.05, 0.1) is 6.54 Å². The van der Waals surface area contributed by atoms with Gasteiger partial charge in [-0.05, 0) is 43.2 Å². The van der Waals surface area contributed by atoms with Crippen molar-refractivity contribution in [2.75, 3.05) is 0 Å². The maximum absolute atomic E-state index is 6.40. The molecule has 0 bridgehead atoms. The lowest BCUT2D eigenvalue weighted by atomic mass is 9.74. The van der Waals surface area contributed by atoms with E-state index in [1.165, 1.54) is 26.8 Å². The number of aryl methyl sites for hydroxylation is 2. The van der Waals surface area contributed by atoms with Crippen LogP contribution in [0.15, 0.2) is 12.3 Å². The Balaban J connectivity index is 1.96. The highest BCUT2D eigenvalue weighted by Gasteiger charge is 2.33. The predicted octanol–water partition coefficient (Wildman–Crippen LogP) is 3.84. The summed E-state index contributed by atoms with van der Waals surface area (Å²) < 4.78 is 2.42. The van der Waals surface area contributed by atoms with Crippen molar-refractivity contribution in [3.05, 3.63) is 39.1 Å². The molecule has 21 heavy (non-hydrogen) atoms. The topological polar surface area (TPSA) is 43.8 Å². The Morgan fingerprint density at radius 2 is 2.24 bits per heavy atom. The fraction of sp³-hybridized carbons (Fsp3) is 0.588. The number of hydrogen-bond donors (Lipinski definition) is 1. The van der Waals surface area contributed by atoms with Crippen LogP contribution in [0.1, 0.15) is 60.1 Å². The van der Waals surface area contributed by atoms with Gasteiger partial charge in [0, 0.05) is 28.5 Å². The van der Waals surface area contributed by atoms with E-state index in [-0.39, 0.29) is 11.5 Å². The molecule has 3 rings (SSSR count). The summed E-state index contributed by atoms with van der Waals surface area (Å²) >= 11 is 1.83. The molecule has 2 aromatic rings. The summed E-state index contributed by atoms with van der Waals surface area (Å²) in [6.07, 6.45) is 5.26. The van der Waals surface area contributed by atoms with Crippen molar-refractivity contribution in [1.82, 2.24) is 9.55 Å². The van der Waals surface area contributed by atoms with Crippen LogP contribution in [0.5, 0.6) is 0 Å². The first-order valence-electron chi connectivity index (χ1n) is 7.77. The summed E-state index contributed by atoms with van der Waals surface area (Å²) in [5, 5.41) is 1.20. The minimum Gasteiger partial charge on any atom is -0.342 e. The van der Waals surface area contributed by atoms with Crippen LogP contribution < -0.4 is 5.73 Å². The molecular weight excluding hydrogens is 278 g/mol. The molecule has 2 heterocycles. The average Bonchev–Trinajstić information content (AvgIpc) is 2.96. The number of nitrogens with zero attached hydrogens (tertiary/aromatic N) is 2.